The number of rotatable bonds is 2. The quantitative estimate of drug-likeness (QED) is 0.420. The van der Waals surface area contributed by atoms with Crippen LogP contribution in [0, 0.1) is 0 Å². The molecule has 0 N–H and O–H groups in total. The Labute approximate surface area is 150 Å². The fourth-order valence-electron chi connectivity index (χ4n) is 3.47. The molecule has 5 rings (SSSR count). The van der Waals surface area contributed by atoms with Gasteiger partial charge in [0.05, 0.1) is 0 Å². The van der Waals surface area contributed by atoms with Gasteiger partial charge in [0, 0.05) is 21.9 Å². The van der Waals surface area contributed by atoms with Crippen LogP contribution in [0.2, 0.25) is 0 Å². The summed E-state index contributed by atoms with van der Waals surface area (Å²) in [4.78, 5) is 12.7. The van der Waals surface area contributed by atoms with Crippen molar-refractivity contribution < 1.29 is 13.6 Å². The summed E-state index contributed by atoms with van der Waals surface area (Å²) in [6, 6.07) is 19.6. The van der Waals surface area contributed by atoms with E-state index in [9.17, 15) is 4.79 Å². The lowest BCUT2D eigenvalue weighted by Crippen LogP contribution is -1.95. The Morgan fingerprint density at radius 3 is 1.62 bits per heavy atom. The van der Waals surface area contributed by atoms with Crippen LogP contribution in [0.3, 0.4) is 0 Å². The summed E-state index contributed by atoms with van der Waals surface area (Å²) in [5.74, 6) is 1.52. The number of para-hydroxylation sites is 2. The number of hydrogen-bond acceptors (Lipinski definition) is 3. The highest BCUT2D eigenvalue weighted by atomic mass is 16.3. The van der Waals surface area contributed by atoms with Crippen molar-refractivity contribution in [3.63, 3.8) is 0 Å². The molecule has 1 aliphatic rings. The molecule has 2 aromatic carbocycles. The summed E-state index contributed by atoms with van der Waals surface area (Å²) in [5, 5.41) is 2.09. The summed E-state index contributed by atoms with van der Waals surface area (Å²) in [7, 11) is 0. The number of fused-ring (bicyclic) bond motifs is 2. The lowest BCUT2D eigenvalue weighted by atomic mass is 10.1. The van der Waals surface area contributed by atoms with Crippen LogP contribution in [-0.2, 0) is 4.79 Å². The number of carbonyl (C=O) groups is 1. The molecule has 4 aromatic rings. The average molecular weight is 340 g/mol. The third kappa shape index (κ3) is 2.58. The second-order valence-corrected chi connectivity index (χ2v) is 6.54. The minimum Gasteiger partial charge on any atom is -0.457 e. The summed E-state index contributed by atoms with van der Waals surface area (Å²) in [6.45, 7) is 0. The first kappa shape index (κ1) is 15.0. The van der Waals surface area contributed by atoms with Gasteiger partial charge in [-0.1, -0.05) is 36.4 Å². The fourth-order valence-corrected chi connectivity index (χ4v) is 3.47. The second kappa shape index (κ2) is 5.88. The van der Waals surface area contributed by atoms with Crippen LogP contribution >= 0.6 is 0 Å². The van der Waals surface area contributed by atoms with Gasteiger partial charge in [0.2, 0.25) is 0 Å². The van der Waals surface area contributed by atoms with Gasteiger partial charge in [-0.05, 0) is 49.3 Å². The number of hydrogen-bond donors (Lipinski definition) is 0. The molecular weight excluding hydrogens is 324 g/mol. The maximum atomic E-state index is 12.7. The molecule has 1 saturated carbocycles. The van der Waals surface area contributed by atoms with E-state index in [0.717, 1.165) is 57.4 Å². The van der Waals surface area contributed by atoms with Crippen molar-refractivity contribution in [2.75, 3.05) is 0 Å². The Balaban J connectivity index is 1.45. The molecule has 0 bridgehead atoms. The fraction of sp³-hybridized carbons (Fsp3) is 0.0870. The van der Waals surface area contributed by atoms with Gasteiger partial charge < -0.3 is 8.83 Å². The van der Waals surface area contributed by atoms with E-state index in [1.807, 2.05) is 72.8 Å². The molecule has 3 nitrogen and oxygen atoms in total. The van der Waals surface area contributed by atoms with Crippen LogP contribution in [0.25, 0.3) is 34.1 Å². The summed E-state index contributed by atoms with van der Waals surface area (Å²) >= 11 is 0. The largest absolute Gasteiger partial charge is 0.457 e. The molecule has 0 unspecified atom stereocenters. The number of Topliss-reactive ketones (excluding diaryl/α,β-unsaturated/α-hetero) is 1. The van der Waals surface area contributed by atoms with Crippen LogP contribution in [0.5, 0.6) is 0 Å². The van der Waals surface area contributed by atoms with Crippen molar-refractivity contribution in [3.05, 3.63) is 83.3 Å². The average Bonchev–Trinajstić information content (AvgIpc) is 3.33. The van der Waals surface area contributed by atoms with E-state index in [4.69, 9.17) is 8.83 Å². The molecule has 1 aliphatic carbocycles. The number of ketones is 1. The molecular formula is C23H16O3. The highest BCUT2D eigenvalue weighted by Crippen LogP contribution is 2.31. The molecule has 0 atom stereocenters. The number of allylic oxidation sites excluding steroid dienone is 2. The maximum Gasteiger partial charge on any atom is 0.185 e. The Hall–Kier alpha value is -3.33. The topological polar surface area (TPSA) is 43.4 Å². The monoisotopic (exact) mass is 340 g/mol. The van der Waals surface area contributed by atoms with Crippen molar-refractivity contribution in [1.82, 2.24) is 0 Å². The maximum absolute atomic E-state index is 12.7. The normalized spacial score (nSPS) is 17.9. The molecule has 126 valence electrons. The molecule has 2 heterocycles. The van der Waals surface area contributed by atoms with Gasteiger partial charge in [0.25, 0.3) is 0 Å². The van der Waals surface area contributed by atoms with E-state index in [0.29, 0.717) is 0 Å². The minimum atomic E-state index is 0.0749. The van der Waals surface area contributed by atoms with E-state index in [1.165, 1.54) is 0 Å². The molecule has 1 fully saturated rings. The van der Waals surface area contributed by atoms with Crippen LogP contribution < -0.4 is 0 Å². The SMILES string of the molecule is O=C1C(=Cc2cc3ccccc3o2)CCC1=Cc1cc2ccccc2o1. The van der Waals surface area contributed by atoms with E-state index in [2.05, 4.69) is 0 Å². The van der Waals surface area contributed by atoms with Gasteiger partial charge >= 0.3 is 0 Å². The van der Waals surface area contributed by atoms with Crippen molar-refractivity contribution in [2.24, 2.45) is 0 Å². The van der Waals surface area contributed by atoms with Crippen molar-refractivity contribution in [1.29, 1.82) is 0 Å². The van der Waals surface area contributed by atoms with Crippen molar-refractivity contribution in [3.8, 4) is 0 Å². The predicted octanol–water partition coefficient (Wildman–Crippen LogP) is 6.01. The Morgan fingerprint density at radius 2 is 1.15 bits per heavy atom. The Bertz CT molecular complexity index is 1040. The molecule has 2 aromatic heterocycles. The van der Waals surface area contributed by atoms with E-state index in [1.54, 1.807) is 0 Å². The van der Waals surface area contributed by atoms with Gasteiger partial charge in [0.1, 0.15) is 22.7 Å². The number of benzene rings is 2. The van der Waals surface area contributed by atoms with Gasteiger partial charge in [-0.15, -0.1) is 0 Å². The van der Waals surface area contributed by atoms with E-state index < -0.39 is 0 Å². The van der Waals surface area contributed by atoms with Gasteiger partial charge in [-0.2, -0.15) is 0 Å². The van der Waals surface area contributed by atoms with Crippen LogP contribution in [-0.4, -0.2) is 5.78 Å². The molecule has 0 saturated heterocycles. The molecule has 0 amide bonds. The van der Waals surface area contributed by atoms with E-state index >= 15 is 0 Å². The highest BCUT2D eigenvalue weighted by molar-refractivity contribution is 6.15. The smallest absolute Gasteiger partial charge is 0.185 e. The van der Waals surface area contributed by atoms with Crippen molar-refractivity contribution >= 4 is 39.9 Å². The predicted molar refractivity (Wildman–Crippen MR) is 103 cm³/mol. The molecule has 0 aliphatic heterocycles. The zero-order chi connectivity index (χ0) is 17.5. The summed E-state index contributed by atoms with van der Waals surface area (Å²) in [6.07, 6.45) is 5.17. The lowest BCUT2D eigenvalue weighted by Gasteiger charge is -1.93. The molecule has 26 heavy (non-hydrogen) atoms. The highest BCUT2D eigenvalue weighted by Gasteiger charge is 2.24. The summed E-state index contributed by atoms with van der Waals surface area (Å²) in [5.41, 5.74) is 3.24. The minimum absolute atomic E-state index is 0.0749. The van der Waals surface area contributed by atoms with Gasteiger partial charge in [0.15, 0.2) is 5.78 Å². The first-order chi connectivity index (χ1) is 12.8. The zero-order valence-electron chi connectivity index (χ0n) is 14.1. The van der Waals surface area contributed by atoms with Crippen LogP contribution in [0.15, 0.2) is 80.6 Å². The van der Waals surface area contributed by atoms with Crippen LogP contribution in [0.4, 0.5) is 0 Å². The van der Waals surface area contributed by atoms with Gasteiger partial charge in [-0.25, -0.2) is 0 Å². The Morgan fingerprint density at radius 1 is 0.692 bits per heavy atom. The Kier molecular flexibility index (Phi) is 3.39. The third-order valence-electron chi connectivity index (χ3n) is 4.77. The summed E-state index contributed by atoms with van der Waals surface area (Å²) < 4.78 is 11.6. The standard InChI is InChI=1S/C23H16O3/c24-23-17(13-19-11-15-5-1-3-7-21(15)25-19)9-10-18(23)14-20-12-16-6-2-4-8-22(16)26-20/h1-8,11-14H,9-10H2. The lowest BCUT2D eigenvalue weighted by molar-refractivity contribution is -0.111. The third-order valence-corrected chi connectivity index (χ3v) is 4.77. The molecule has 0 spiro atoms. The van der Waals surface area contributed by atoms with E-state index in [-0.39, 0.29) is 5.78 Å². The first-order valence-electron chi connectivity index (χ1n) is 8.69. The van der Waals surface area contributed by atoms with Gasteiger partial charge in [-0.3, -0.25) is 4.79 Å². The number of furan rings is 2. The second-order valence-electron chi connectivity index (χ2n) is 6.54. The first-order valence-corrected chi connectivity index (χ1v) is 8.69. The number of carbonyl (C=O) groups excluding carboxylic acids is 1. The van der Waals surface area contributed by atoms with Crippen molar-refractivity contribution in [2.45, 2.75) is 12.8 Å². The zero-order valence-corrected chi connectivity index (χ0v) is 14.1. The van der Waals surface area contributed by atoms with Crippen LogP contribution in [0.1, 0.15) is 24.4 Å². The molecule has 0 radical (unpaired) electrons. The molecule has 3 heteroatoms.